The van der Waals surface area contributed by atoms with Crippen molar-refractivity contribution in [3.05, 3.63) is 0 Å². The summed E-state index contributed by atoms with van der Waals surface area (Å²) in [6.07, 6.45) is 3.62. The second-order valence-electron chi connectivity index (χ2n) is 4.68. The van der Waals surface area contributed by atoms with E-state index in [2.05, 4.69) is 0 Å². The lowest BCUT2D eigenvalue weighted by molar-refractivity contribution is -0.120. The fourth-order valence-corrected chi connectivity index (χ4v) is 3.41. The first kappa shape index (κ1) is 10.9. The number of primary amides is 1. The summed E-state index contributed by atoms with van der Waals surface area (Å²) in [5.74, 6) is -0.248. The molecule has 1 saturated heterocycles. The Hall–Kier alpha value is -0.620. The molecule has 1 atom stereocenters. The van der Waals surface area contributed by atoms with Crippen molar-refractivity contribution in [1.29, 1.82) is 0 Å². The SMILES string of the molecule is CS(=O)(=O)N1CCC2(CC1)C[C@@H]2C(N)=O. The standard InChI is InChI=1S/C9H16N2O3S/c1-15(13,14)11-4-2-9(3-5-11)6-7(9)8(10)12/h7H,2-6H2,1H3,(H2,10,12)/t7-/m1/s1. The zero-order valence-electron chi connectivity index (χ0n) is 8.77. The van der Waals surface area contributed by atoms with Gasteiger partial charge in [0.15, 0.2) is 0 Å². The summed E-state index contributed by atoms with van der Waals surface area (Å²) in [6.45, 7) is 1.06. The maximum Gasteiger partial charge on any atom is 0.221 e. The Labute approximate surface area is 89.7 Å². The van der Waals surface area contributed by atoms with Crippen molar-refractivity contribution in [2.75, 3.05) is 19.3 Å². The van der Waals surface area contributed by atoms with E-state index in [1.165, 1.54) is 10.6 Å². The van der Waals surface area contributed by atoms with Crippen LogP contribution in [0.25, 0.3) is 0 Å². The Morgan fingerprint density at radius 1 is 1.40 bits per heavy atom. The highest BCUT2D eigenvalue weighted by Crippen LogP contribution is 2.59. The predicted octanol–water partition coefficient (Wildman–Crippen LogP) is -0.467. The summed E-state index contributed by atoms with van der Waals surface area (Å²) in [7, 11) is -3.07. The number of hydrogen-bond donors (Lipinski definition) is 1. The number of carbonyl (C=O) groups excluding carboxylic acids is 1. The summed E-state index contributed by atoms with van der Waals surface area (Å²) in [4.78, 5) is 11.0. The minimum atomic E-state index is -3.07. The predicted molar refractivity (Wildman–Crippen MR) is 55.4 cm³/mol. The van der Waals surface area contributed by atoms with Gasteiger partial charge in [0.05, 0.1) is 6.26 Å². The molecule has 0 bridgehead atoms. The lowest BCUT2D eigenvalue weighted by Crippen LogP contribution is -2.39. The average molecular weight is 232 g/mol. The van der Waals surface area contributed by atoms with E-state index in [1.54, 1.807) is 0 Å². The largest absolute Gasteiger partial charge is 0.369 e. The first-order chi connectivity index (χ1) is 6.85. The summed E-state index contributed by atoms with van der Waals surface area (Å²) in [5.41, 5.74) is 5.29. The van der Waals surface area contributed by atoms with Crippen LogP contribution in [0.5, 0.6) is 0 Å². The van der Waals surface area contributed by atoms with Gasteiger partial charge in [-0.15, -0.1) is 0 Å². The number of amides is 1. The number of nitrogens with zero attached hydrogens (tertiary/aromatic N) is 1. The Balaban J connectivity index is 1.97. The second kappa shape index (κ2) is 3.18. The molecule has 2 rings (SSSR count). The third kappa shape index (κ3) is 1.88. The maximum atomic E-state index is 11.3. The van der Waals surface area contributed by atoms with Crippen LogP contribution in [0.1, 0.15) is 19.3 Å². The molecule has 1 aliphatic heterocycles. The Morgan fingerprint density at radius 3 is 2.27 bits per heavy atom. The molecular weight excluding hydrogens is 216 g/mol. The van der Waals surface area contributed by atoms with Crippen LogP contribution >= 0.6 is 0 Å². The molecule has 6 heteroatoms. The molecule has 15 heavy (non-hydrogen) atoms. The number of nitrogens with two attached hydrogens (primary N) is 1. The van der Waals surface area contributed by atoms with Crippen molar-refractivity contribution >= 4 is 15.9 Å². The van der Waals surface area contributed by atoms with Gasteiger partial charge in [0.1, 0.15) is 0 Å². The normalized spacial score (nSPS) is 30.3. The van der Waals surface area contributed by atoms with Gasteiger partial charge in [0.2, 0.25) is 15.9 Å². The number of hydrogen-bond acceptors (Lipinski definition) is 3. The van der Waals surface area contributed by atoms with E-state index < -0.39 is 10.0 Å². The summed E-state index contributed by atoms with van der Waals surface area (Å²) < 4.78 is 24.0. The lowest BCUT2D eigenvalue weighted by atomic mass is 9.92. The van der Waals surface area contributed by atoms with Crippen molar-refractivity contribution in [3.63, 3.8) is 0 Å². The average Bonchev–Trinajstić information content (AvgIpc) is 2.79. The van der Waals surface area contributed by atoms with Gasteiger partial charge in [0.25, 0.3) is 0 Å². The van der Waals surface area contributed by atoms with Gasteiger partial charge in [-0.2, -0.15) is 0 Å². The minimum absolute atomic E-state index is 0.0146. The molecule has 86 valence electrons. The molecule has 0 aromatic rings. The van der Waals surface area contributed by atoms with Crippen molar-refractivity contribution in [2.24, 2.45) is 17.1 Å². The molecule has 2 N–H and O–H groups in total. The van der Waals surface area contributed by atoms with Gasteiger partial charge < -0.3 is 5.73 Å². The molecule has 5 nitrogen and oxygen atoms in total. The molecule has 0 aromatic heterocycles. The van der Waals surface area contributed by atoms with Crippen LogP contribution < -0.4 is 5.73 Å². The van der Waals surface area contributed by atoms with Crippen LogP contribution in [0.3, 0.4) is 0 Å². The van der Waals surface area contributed by atoms with Crippen LogP contribution in [0.4, 0.5) is 0 Å². The summed E-state index contributed by atoms with van der Waals surface area (Å²) >= 11 is 0. The van der Waals surface area contributed by atoms with Crippen LogP contribution in [0.15, 0.2) is 0 Å². The number of carbonyl (C=O) groups is 1. The number of piperidine rings is 1. The Kier molecular flexibility index (Phi) is 2.31. The van der Waals surface area contributed by atoms with E-state index in [-0.39, 0.29) is 17.2 Å². The molecule has 1 saturated carbocycles. The fraction of sp³-hybridized carbons (Fsp3) is 0.889. The van der Waals surface area contributed by atoms with Crippen LogP contribution in [-0.2, 0) is 14.8 Å². The maximum absolute atomic E-state index is 11.3. The van der Waals surface area contributed by atoms with Gasteiger partial charge in [-0.3, -0.25) is 4.79 Å². The van der Waals surface area contributed by atoms with E-state index >= 15 is 0 Å². The number of sulfonamides is 1. The van der Waals surface area contributed by atoms with Crippen molar-refractivity contribution < 1.29 is 13.2 Å². The monoisotopic (exact) mass is 232 g/mol. The molecule has 1 heterocycles. The van der Waals surface area contributed by atoms with Gasteiger partial charge in [-0.25, -0.2) is 12.7 Å². The highest BCUT2D eigenvalue weighted by atomic mass is 32.2. The smallest absolute Gasteiger partial charge is 0.221 e. The molecule has 1 spiro atoms. The third-order valence-electron chi connectivity index (χ3n) is 3.72. The van der Waals surface area contributed by atoms with Crippen molar-refractivity contribution in [1.82, 2.24) is 4.31 Å². The van der Waals surface area contributed by atoms with E-state index in [4.69, 9.17) is 5.73 Å². The second-order valence-corrected chi connectivity index (χ2v) is 6.67. The third-order valence-corrected chi connectivity index (χ3v) is 5.02. The number of rotatable bonds is 2. The van der Waals surface area contributed by atoms with E-state index in [0.29, 0.717) is 13.1 Å². The van der Waals surface area contributed by atoms with Crippen molar-refractivity contribution in [2.45, 2.75) is 19.3 Å². The van der Waals surface area contributed by atoms with Crippen LogP contribution in [0.2, 0.25) is 0 Å². The van der Waals surface area contributed by atoms with Crippen LogP contribution in [-0.4, -0.2) is 38.0 Å². The van der Waals surface area contributed by atoms with Crippen LogP contribution in [0, 0.1) is 11.3 Å². The van der Waals surface area contributed by atoms with Gasteiger partial charge in [-0.05, 0) is 24.7 Å². The van der Waals surface area contributed by atoms with Crippen molar-refractivity contribution in [3.8, 4) is 0 Å². The fourth-order valence-electron chi connectivity index (χ4n) is 2.57. The van der Waals surface area contributed by atoms with E-state index in [9.17, 15) is 13.2 Å². The summed E-state index contributed by atoms with van der Waals surface area (Å²) in [6, 6.07) is 0. The van der Waals surface area contributed by atoms with Gasteiger partial charge in [0, 0.05) is 19.0 Å². The van der Waals surface area contributed by atoms with E-state index in [0.717, 1.165) is 19.3 Å². The highest BCUT2D eigenvalue weighted by molar-refractivity contribution is 7.88. The van der Waals surface area contributed by atoms with Gasteiger partial charge >= 0.3 is 0 Å². The minimum Gasteiger partial charge on any atom is -0.369 e. The van der Waals surface area contributed by atoms with E-state index in [1.807, 2.05) is 0 Å². The molecule has 1 amide bonds. The zero-order chi connectivity index (χ0) is 11.3. The lowest BCUT2D eigenvalue weighted by Gasteiger charge is -2.30. The summed E-state index contributed by atoms with van der Waals surface area (Å²) in [5, 5.41) is 0. The molecule has 1 aliphatic carbocycles. The quantitative estimate of drug-likeness (QED) is 0.699. The molecule has 2 fully saturated rings. The zero-order valence-corrected chi connectivity index (χ0v) is 9.59. The Morgan fingerprint density at radius 2 is 1.93 bits per heavy atom. The molecule has 0 radical (unpaired) electrons. The molecule has 0 unspecified atom stereocenters. The molecule has 0 aromatic carbocycles. The molecular formula is C9H16N2O3S. The Bertz CT molecular complexity index is 382. The highest BCUT2D eigenvalue weighted by Gasteiger charge is 2.58. The first-order valence-electron chi connectivity index (χ1n) is 5.10. The van der Waals surface area contributed by atoms with Gasteiger partial charge in [-0.1, -0.05) is 0 Å². The topological polar surface area (TPSA) is 80.5 Å². The molecule has 2 aliphatic rings. The first-order valence-corrected chi connectivity index (χ1v) is 6.94.